The van der Waals surface area contributed by atoms with Gasteiger partial charge in [-0.25, -0.2) is 0 Å². The minimum Gasteiger partial charge on any atom is -0.493 e. The third kappa shape index (κ3) is 3.47. The topological polar surface area (TPSA) is 100.0 Å². The molecular formula is C14H13N3O4. The summed E-state index contributed by atoms with van der Waals surface area (Å²) in [6.07, 6.45) is 1.48. The summed E-state index contributed by atoms with van der Waals surface area (Å²) in [7, 11) is 1.52. The minimum atomic E-state index is -0.467. The highest BCUT2D eigenvalue weighted by molar-refractivity contribution is 5.80. The summed E-state index contributed by atoms with van der Waals surface area (Å²) < 4.78 is 10.9. The molecular weight excluding hydrogens is 274 g/mol. The number of nitro benzene ring substituents is 1. The summed E-state index contributed by atoms with van der Waals surface area (Å²) in [5.41, 5.74) is 0.772. The third-order valence-corrected chi connectivity index (χ3v) is 2.69. The Morgan fingerprint density at radius 1 is 1.19 bits per heavy atom. The number of hydrogen-bond acceptors (Lipinski definition) is 6. The minimum absolute atomic E-state index is 0.00354. The lowest BCUT2D eigenvalue weighted by Gasteiger charge is -2.10. The number of non-ortho nitro benzene ring substituents is 1. The average Bonchev–Trinajstić information content (AvgIpc) is 2.49. The van der Waals surface area contributed by atoms with Crippen molar-refractivity contribution in [2.24, 2.45) is 10.9 Å². The largest absolute Gasteiger partial charge is 0.493 e. The molecule has 0 bridgehead atoms. The number of nitrogens with two attached hydrogens (primary N) is 1. The van der Waals surface area contributed by atoms with Gasteiger partial charge < -0.3 is 15.3 Å². The van der Waals surface area contributed by atoms with Crippen LogP contribution in [0.1, 0.15) is 5.56 Å². The van der Waals surface area contributed by atoms with E-state index in [2.05, 4.69) is 5.10 Å². The molecule has 0 radical (unpaired) electrons. The first-order chi connectivity index (χ1) is 10.1. The van der Waals surface area contributed by atoms with Crippen LogP contribution in [0, 0.1) is 10.1 Å². The number of ether oxygens (including phenoxy) is 2. The maximum atomic E-state index is 10.6. The van der Waals surface area contributed by atoms with E-state index in [1.54, 1.807) is 18.2 Å². The summed E-state index contributed by atoms with van der Waals surface area (Å²) in [6, 6.07) is 11.0. The molecule has 7 heteroatoms. The van der Waals surface area contributed by atoms with Crippen LogP contribution in [0.4, 0.5) is 5.69 Å². The monoisotopic (exact) mass is 287 g/mol. The van der Waals surface area contributed by atoms with Gasteiger partial charge in [-0.15, -0.1) is 0 Å². The Balaban J connectivity index is 2.24. The fourth-order valence-electron chi connectivity index (χ4n) is 1.70. The van der Waals surface area contributed by atoms with E-state index in [0.717, 1.165) is 5.56 Å². The highest BCUT2D eigenvalue weighted by atomic mass is 16.6. The van der Waals surface area contributed by atoms with Crippen molar-refractivity contribution in [1.82, 2.24) is 0 Å². The molecule has 2 aromatic rings. The van der Waals surface area contributed by atoms with Gasteiger partial charge in [0.15, 0.2) is 11.5 Å². The number of hydrogen-bond donors (Lipinski definition) is 1. The van der Waals surface area contributed by atoms with Crippen molar-refractivity contribution in [2.45, 2.75) is 0 Å². The van der Waals surface area contributed by atoms with Gasteiger partial charge in [-0.3, -0.25) is 10.1 Å². The van der Waals surface area contributed by atoms with Gasteiger partial charge in [0.25, 0.3) is 5.69 Å². The Morgan fingerprint density at radius 3 is 2.48 bits per heavy atom. The molecule has 0 aliphatic rings. The quantitative estimate of drug-likeness (QED) is 0.394. The van der Waals surface area contributed by atoms with Gasteiger partial charge in [-0.2, -0.15) is 5.10 Å². The summed E-state index contributed by atoms with van der Waals surface area (Å²) in [4.78, 5) is 10.1. The molecule has 2 rings (SSSR count). The van der Waals surface area contributed by atoms with Crippen molar-refractivity contribution in [1.29, 1.82) is 0 Å². The number of rotatable bonds is 5. The molecule has 0 amide bonds. The molecule has 21 heavy (non-hydrogen) atoms. The predicted octanol–water partition coefficient (Wildman–Crippen LogP) is 2.69. The van der Waals surface area contributed by atoms with Gasteiger partial charge in [-0.1, -0.05) is 0 Å². The van der Waals surface area contributed by atoms with Crippen LogP contribution < -0.4 is 15.3 Å². The van der Waals surface area contributed by atoms with Crippen molar-refractivity contribution in [3.63, 3.8) is 0 Å². The summed E-state index contributed by atoms with van der Waals surface area (Å²) in [6.45, 7) is 0. The summed E-state index contributed by atoms with van der Waals surface area (Å²) in [5, 5.41) is 14.0. The molecule has 2 aromatic carbocycles. The van der Waals surface area contributed by atoms with E-state index in [9.17, 15) is 10.1 Å². The second-order valence-electron chi connectivity index (χ2n) is 4.04. The molecule has 0 fully saturated rings. The zero-order valence-electron chi connectivity index (χ0n) is 11.2. The van der Waals surface area contributed by atoms with Gasteiger partial charge in [0.05, 0.1) is 18.2 Å². The second-order valence-corrected chi connectivity index (χ2v) is 4.04. The van der Waals surface area contributed by atoms with Crippen molar-refractivity contribution >= 4 is 11.9 Å². The molecule has 0 saturated heterocycles. The zero-order valence-corrected chi connectivity index (χ0v) is 11.2. The SMILES string of the molecule is COc1cc(C=NN)ccc1Oc1ccc([N+](=O)[O-])cc1. The van der Waals surface area contributed by atoms with Crippen LogP contribution in [0.25, 0.3) is 0 Å². The second kappa shape index (κ2) is 6.38. The highest BCUT2D eigenvalue weighted by Gasteiger charge is 2.08. The summed E-state index contributed by atoms with van der Waals surface area (Å²) >= 11 is 0. The first-order valence-corrected chi connectivity index (χ1v) is 5.97. The lowest BCUT2D eigenvalue weighted by atomic mass is 10.2. The Kier molecular flexibility index (Phi) is 4.35. The average molecular weight is 287 g/mol. The first kappa shape index (κ1) is 14.3. The maximum absolute atomic E-state index is 10.6. The van der Waals surface area contributed by atoms with Gasteiger partial charge in [0, 0.05) is 12.1 Å². The van der Waals surface area contributed by atoms with Crippen LogP contribution in [-0.2, 0) is 0 Å². The third-order valence-electron chi connectivity index (χ3n) is 2.69. The normalized spacial score (nSPS) is 10.5. The van der Waals surface area contributed by atoms with E-state index in [1.165, 1.54) is 37.6 Å². The van der Waals surface area contributed by atoms with E-state index in [4.69, 9.17) is 15.3 Å². The fourth-order valence-corrected chi connectivity index (χ4v) is 1.70. The molecule has 0 aliphatic heterocycles. The van der Waals surface area contributed by atoms with E-state index in [1.807, 2.05) is 0 Å². The number of nitrogens with zero attached hydrogens (tertiary/aromatic N) is 2. The Morgan fingerprint density at radius 2 is 1.90 bits per heavy atom. The van der Waals surface area contributed by atoms with Gasteiger partial charge >= 0.3 is 0 Å². The smallest absolute Gasteiger partial charge is 0.269 e. The Hall–Kier alpha value is -3.09. The van der Waals surface area contributed by atoms with Crippen molar-refractivity contribution in [2.75, 3.05) is 7.11 Å². The van der Waals surface area contributed by atoms with E-state index < -0.39 is 4.92 Å². The van der Waals surface area contributed by atoms with Gasteiger partial charge in [0.1, 0.15) is 5.75 Å². The zero-order chi connectivity index (χ0) is 15.2. The van der Waals surface area contributed by atoms with Gasteiger partial charge in [0.2, 0.25) is 0 Å². The van der Waals surface area contributed by atoms with Crippen molar-refractivity contribution in [3.8, 4) is 17.2 Å². The predicted molar refractivity (Wildman–Crippen MR) is 77.9 cm³/mol. The van der Waals surface area contributed by atoms with Crippen LogP contribution in [0.2, 0.25) is 0 Å². The fraction of sp³-hybridized carbons (Fsp3) is 0.0714. The van der Waals surface area contributed by atoms with Crippen molar-refractivity contribution in [3.05, 3.63) is 58.1 Å². The molecule has 7 nitrogen and oxygen atoms in total. The molecule has 0 spiro atoms. The van der Waals surface area contributed by atoms with Crippen LogP contribution in [0.15, 0.2) is 47.6 Å². The molecule has 0 saturated carbocycles. The lowest BCUT2D eigenvalue weighted by molar-refractivity contribution is -0.384. The van der Waals surface area contributed by atoms with Gasteiger partial charge in [-0.05, 0) is 35.9 Å². The van der Waals surface area contributed by atoms with Crippen LogP contribution in [0.5, 0.6) is 17.2 Å². The molecule has 0 heterocycles. The number of hydrazone groups is 1. The van der Waals surface area contributed by atoms with Crippen LogP contribution in [-0.4, -0.2) is 18.2 Å². The number of benzene rings is 2. The van der Waals surface area contributed by atoms with Crippen molar-refractivity contribution < 1.29 is 14.4 Å². The summed E-state index contributed by atoms with van der Waals surface area (Å²) in [5.74, 6) is 6.56. The molecule has 0 unspecified atom stereocenters. The van der Waals surface area contributed by atoms with E-state index >= 15 is 0 Å². The highest BCUT2D eigenvalue weighted by Crippen LogP contribution is 2.32. The van der Waals surface area contributed by atoms with E-state index in [-0.39, 0.29) is 5.69 Å². The molecule has 2 N–H and O–H groups in total. The maximum Gasteiger partial charge on any atom is 0.269 e. The molecule has 0 atom stereocenters. The van der Waals surface area contributed by atoms with Crippen LogP contribution >= 0.6 is 0 Å². The lowest BCUT2D eigenvalue weighted by Crippen LogP contribution is -1.93. The number of nitro groups is 1. The molecule has 108 valence electrons. The van der Waals surface area contributed by atoms with E-state index in [0.29, 0.717) is 17.2 Å². The Labute approximate surface area is 120 Å². The molecule has 0 aromatic heterocycles. The first-order valence-electron chi connectivity index (χ1n) is 5.97. The Bertz CT molecular complexity index is 668. The van der Waals surface area contributed by atoms with Crippen LogP contribution in [0.3, 0.4) is 0 Å². The standard InChI is InChI=1S/C14H13N3O4/c1-20-14-8-10(9-16-15)2-7-13(14)21-12-5-3-11(4-6-12)17(18)19/h2-9H,15H2,1H3. The number of methoxy groups -OCH3 is 1. The molecule has 0 aliphatic carbocycles.